The van der Waals surface area contributed by atoms with E-state index >= 15 is 0 Å². The fourth-order valence-corrected chi connectivity index (χ4v) is 3.13. The number of fused-ring (bicyclic) bond motifs is 1. The number of hydrogen-bond acceptors (Lipinski definition) is 3. The van der Waals surface area contributed by atoms with Gasteiger partial charge in [0, 0.05) is 28.4 Å². The SMILES string of the molecule is CCOc1cc(-c2ccccc2)nc2ccc(NC(=O)Nc3ccc(F)cc3)cc12. The molecule has 1 heterocycles. The molecule has 150 valence electrons. The lowest BCUT2D eigenvalue weighted by atomic mass is 10.1. The van der Waals surface area contributed by atoms with Crippen LogP contribution in [-0.2, 0) is 0 Å². The molecular weight excluding hydrogens is 381 g/mol. The molecule has 30 heavy (non-hydrogen) atoms. The zero-order chi connectivity index (χ0) is 20.9. The summed E-state index contributed by atoms with van der Waals surface area (Å²) in [5.74, 6) is 0.338. The zero-order valence-corrected chi connectivity index (χ0v) is 16.4. The van der Waals surface area contributed by atoms with Crippen LogP contribution in [0.5, 0.6) is 5.75 Å². The van der Waals surface area contributed by atoms with Gasteiger partial charge < -0.3 is 15.4 Å². The maximum atomic E-state index is 13.0. The van der Waals surface area contributed by atoms with Crippen LogP contribution in [0.15, 0.2) is 78.9 Å². The van der Waals surface area contributed by atoms with Crippen molar-refractivity contribution >= 4 is 28.3 Å². The Balaban J connectivity index is 1.61. The highest BCUT2D eigenvalue weighted by Gasteiger charge is 2.11. The Kier molecular flexibility index (Phi) is 5.57. The molecular formula is C24H20FN3O2. The van der Waals surface area contributed by atoms with Crippen LogP contribution in [0, 0.1) is 5.82 Å². The van der Waals surface area contributed by atoms with Crippen molar-refractivity contribution in [3.8, 4) is 17.0 Å². The van der Waals surface area contributed by atoms with Gasteiger partial charge in [0.15, 0.2) is 0 Å². The van der Waals surface area contributed by atoms with Crippen molar-refractivity contribution in [1.29, 1.82) is 0 Å². The van der Waals surface area contributed by atoms with E-state index in [0.29, 0.717) is 23.7 Å². The van der Waals surface area contributed by atoms with Crippen LogP contribution in [0.2, 0.25) is 0 Å². The highest BCUT2D eigenvalue weighted by molar-refractivity contribution is 6.01. The maximum absolute atomic E-state index is 13.0. The number of nitrogens with zero attached hydrogens (tertiary/aromatic N) is 1. The Morgan fingerprint density at radius 3 is 2.37 bits per heavy atom. The number of ether oxygens (including phenoxy) is 1. The van der Waals surface area contributed by atoms with E-state index in [1.807, 2.05) is 55.5 Å². The zero-order valence-electron chi connectivity index (χ0n) is 16.4. The van der Waals surface area contributed by atoms with Crippen molar-refractivity contribution in [2.75, 3.05) is 17.2 Å². The molecule has 0 aliphatic carbocycles. The number of anilines is 2. The number of carbonyl (C=O) groups excluding carboxylic acids is 1. The van der Waals surface area contributed by atoms with Crippen molar-refractivity contribution in [2.24, 2.45) is 0 Å². The van der Waals surface area contributed by atoms with Gasteiger partial charge in [-0.05, 0) is 49.4 Å². The minimum Gasteiger partial charge on any atom is -0.493 e. The third-order valence-electron chi connectivity index (χ3n) is 4.50. The molecule has 0 bridgehead atoms. The van der Waals surface area contributed by atoms with E-state index < -0.39 is 6.03 Å². The van der Waals surface area contributed by atoms with Crippen LogP contribution in [0.25, 0.3) is 22.2 Å². The Bertz CT molecular complexity index is 1180. The lowest BCUT2D eigenvalue weighted by molar-refractivity contribution is 0.262. The second-order valence-corrected chi connectivity index (χ2v) is 6.62. The molecule has 0 saturated carbocycles. The minimum absolute atomic E-state index is 0.360. The summed E-state index contributed by atoms with van der Waals surface area (Å²) < 4.78 is 18.9. The number of urea groups is 1. The fraction of sp³-hybridized carbons (Fsp3) is 0.0833. The molecule has 0 aliphatic heterocycles. The van der Waals surface area contributed by atoms with Crippen LogP contribution in [0.1, 0.15) is 6.92 Å². The van der Waals surface area contributed by atoms with E-state index in [1.165, 1.54) is 24.3 Å². The Morgan fingerprint density at radius 2 is 1.63 bits per heavy atom. The van der Waals surface area contributed by atoms with Gasteiger partial charge in [-0.1, -0.05) is 30.3 Å². The van der Waals surface area contributed by atoms with Crippen molar-refractivity contribution in [2.45, 2.75) is 6.92 Å². The van der Waals surface area contributed by atoms with Gasteiger partial charge in [0.2, 0.25) is 0 Å². The molecule has 0 fully saturated rings. The predicted octanol–water partition coefficient (Wildman–Crippen LogP) is 6.08. The number of benzene rings is 3. The first-order chi connectivity index (χ1) is 14.6. The number of amides is 2. The van der Waals surface area contributed by atoms with Crippen LogP contribution in [0.4, 0.5) is 20.6 Å². The third kappa shape index (κ3) is 4.38. The van der Waals surface area contributed by atoms with E-state index in [1.54, 1.807) is 6.07 Å². The van der Waals surface area contributed by atoms with E-state index in [-0.39, 0.29) is 5.82 Å². The standard InChI is InChI=1S/C24H20FN3O2/c1-2-30-23-15-22(16-6-4-3-5-7-16)28-21-13-12-19(14-20(21)23)27-24(29)26-18-10-8-17(25)9-11-18/h3-15H,2H2,1H3,(H2,26,27,29). The molecule has 4 rings (SSSR count). The van der Waals surface area contributed by atoms with Gasteiger partial charge >= 0.3 is 6.03 Å². The molecule has 0 aliphatic rings. The van der Waals surface area contributed by atoms with Gasteiger partial charge in [0.05, 0.1) is 17.8 Å². The van der Waals surface area contributed by atoms with Crippen LogP contribution >= 0.6 is 0 Å². The molecule has 5 nitrogen and oxygen atoms in total. The summed E-state index contributed by atoms with van der Waals surface area (Å²) in [7, 11) is 0. The average Bonchev–Trinajstić information content (AvgIpc) is 2.76. The Morgan fingerprint density at radius 1 is 0.933 bits per heavy atom. The first-order valence-corrected chi connectivity index (χ1v) is 9.59. The van der Waals surface area contributed by atoms with E-state index in [0.717, 1.165) is 22.2 Å². The summed E-state index contributed by atoms with van der Waals surface area (Å²) >= 11 is 0. The van der Waals surface area contributed by atoms with Gasteiger partial charge in [-0.25, -0.2) is 14.2 Å². The molecule has 0 atom stereocenters. The second kappa shape index (κ2) is 8.61. The first kappa shape index (κ1) is 19.4. The summed E-state index contributed by atoms with van der Waals surface area (Å²) in [5.41, 5.74) is 3.68. The molecule has 3 aromatic carbocycles. The molecule has 0 unspecified atom stereocenters. The normalized spacial score (nSPS) is 10.6. The topological polar surface area (TPSA) is 63.2 Å². The number of nitrogens with one attached hydrogen (secondary N) is 2. The number of carbonyl (C=O) groups is 1. The van der Waals surface area contributed by atoms with Crippen molar-refractivity contribution in [3.63, 3.8) is 0 Å². The molecule has 1 aromatic heterocycles. The van der Waals surface area contributed by atoms with Crippen LogP contribution in [-0.4, -0.2) is 17.6 Å². The van der Waals surface area contributed by atoms with E-state index in [4.69, 9.17) is 9.72 Å². The Hall–Kier alpha value is -3.93. The number of rotatable bonds is 5. The first-order valence-electron chi connectivity index (χ1n) is 9.59. The van der Waals surface area contributed by atoms with Crippen LogP contribution in [0.3, 0.4) is 0 Å². The summed E-state index contributed by atoms with van der Waals surface area (Å²) in [6.45, 7) is 2.43. The van der Waals surface area contributed by atoms with Gasteiger partial charge in [-0.15, -0.1) is 0 Å². The molecule has 2 N–H and O–H groups in total. The largest absolute Gasteiger partial charge is 0.493 e. The monoisotopic (exact) mass is 401 g/mol. The number of aromatic nitrogens is 1. The molecule has 0 saturated heterocycles. The van der Waals surface area contributed by atoms with E-state index in [9.17, 15) is 9.18 Å². The number of pyridine rings is 1. The van der Waals surface area contributed by atoms with Gasteiger partial charge in [-0.3, -0.25) is 0 Å². The highest BCUT2D eigenvalue weighted by atomic mass is 19.1. The third-order valence-corrected chi connectivity index (χ3v) is 4.50. The molecule has 0 radical (unpaired) electrons. The molecule has 4 aromatic rings. The van der Waals surface area contributed by atoms with Crippen LogP contribution < -0.4 is 15.4 Å². The van der Waals surface area contributed by atoms with Crippen molar-refractivity contribution in [1.82, 2.24) is 4.98 Å². The summed E-state index contributed by atoms with van der Waals surface area (Å²) in [5, 5.41) is 6.26. The number of hydrogen-bond donors (Lipinski definition) is 2. The van der Waals surface area contributed by atoms with Gasteiger partial charge in [0.1, 0.15) is 11.6 Å². The average molecular weight is 401 g/mol. The second-order valence-electron chi connectivity index (χ2n) is 6.62. The maximum Gasteiger partial charge on any atom is 0.323 e. The van der Waals surface area contributed by atoms with Crippen molar-refractivity contribution < 1.29 is 13.9 Å². The molecule has 6 heteroatoms. The number of halogens is 1. The summed E-state index contributed by atoms with van der Waals surface area (Å²) in [6, 6.07) is 22.4. The van der Waals surface area contributed by atoms with Gasteiger partial charge in [0.25, 0.3) is 0 Å². The lowest BCUT2D eigenvalue weighted by Gasteiger charge is -2.13. The molecule has 2 amide bonds. The molecule has 0 spiro atoms. The summed E-state index contributed by atoms with van der Waals surface area (Å²) in [6.07, 6.45) is 0. The lowest BCUT2D eigenvalue weighted by Crippen LogP contribution is -2.19. The van der Waals surface area contributed by atoms with Gasteiger partial charge in [-0.2, -0.15) is 0 Å². The Labute approximate surface area is 173 Å². The fourth-order valence-electron chi connectivity index (χ4n) is 3.13. The highest BCUT2D eigenvalue weighted by Crippen LogP contribution is 2.32. The van der Waals surface area contributed by atoms with E-state index in [2.05, 4.69) is 10.6 Å². The predicted molar refractivity (Wildman–Crippen MR) is 117 cm³/mol. The quantitative estimate of drug-likeness (QED) is 0.426. The summed E-state index contributed by atoms with van der Waals surface area (Å²) in [4.78, 5) is 17.0. The smallest absolute Gasteiger partial charge is 0.323 e. The minimum atomic E-state index is -0.423. The van der Waals surface area contributed by atoms with Crippen molar-refractivity contribution in [3.05, 3.63) is 84.7 Å².